The molecular formula is C28H38N4O4. The molecule has 36 heavy (non-hydrogen) atoms. The lowest BCUT2D eigenvalue weighted by Gasteiger charge is -2.03. The van der Waals surface area contributed by atoms with Gasteiger partial charge in [-0.1, -0.05) is 76.6 Å². The van der Waals surface area contributed by atoms with Crippen LogP contribution in [0.15, 0.2) is 33.9 Å². The van der Waals surface area contributed by atoms with Crippen LogP contribution in [0.2, 0.25) is 0 Å². The number of H-pyrrole nitrogens is 2. The van der Waals surface area contributed by atoms with Gasteiger partial charge < -0.3 is 0 Å². The molecule has 0 saturated carbocycles. The summed E-state index contributed by atoms with van der Waals surface area (Å²) in [7, 11) is 0. The Balaban J connectivity index is 1.76. The number of rotatable bonds is 14. The second kappa shape index (κ2) is 12.5. The first-order valence-electron chi connectivity index (χ1n) is 13.1. The Bertz CT molecular complexity index is 1200. The third-order valence-electron chi connectivity index (χ3n) is 6.61. The largest absolute Gasteiger partial charge is 0.299 e. The van der Waals surface area contributed by atoms with Crippen molar-refractivity contribution in [3.63, 3.8) is 0 Å². The lowest BCUT2D eigenvalue weighted by Crippen LogP contribution is -2.23. The van der Waals surface area contributed by atoms with Crippen molar-refractivity contribution in [2.45, 2.75) is 92.2 Å². The van der Waals surface area contributed by atoms with Gasteiger partial charge in [-0.25, -0.2) is 0 Å². The standard InChI is InChI=1S/C28H38N4O4/c1-5-7-9-11-17-31-27(35)23(19(3)29-31)25(33)21-13-15-22(16-14-21)26(34)24-20(4)30-32(28(24)36)18-12-10-8-6-2/h13-16,29-30H,5-12,17-18H2,1-4H3. The van der Waals surface area contributed by atoms with Crippen molar-refractivity contribution in [1.29, 1.82) is 0 Å². The average Bonchev–Trinajstić information content (AvgIpc) is 3.31. The molecule has 0 bridgehead atoms. The number of benzene rings is 1. The van der Waals surface area contributed by atoms with Gasteiger partial charge in [0, 0.05) is 35.6 Å². The van der Waals surface area contributed by atoms with E-state index in [4.69, 9.17) is 0 Å². The van der Waals surface area contributed by atoms with Crippen LogP contribution in [0.5, 0.6) is 0 Å². The van der Waals surface area contributed by atoms with Crippen molar-refractivity contribution in [2.24, 2.45) is 0 Å². The summed E-state index contributed by atoms with van der Waals surface area (Å²) < 4.78 is 3.00. The molecule has 2 aromatic heterocycles. The summed E-state index contributed by atoms with van der Waals surface area (Å²) in [5.41, 5.74) is 1.30. The maximum Gasteiger partial charge on any atom is 0.278 e. The van der Waals surface area contributed by atoms with E-state index in [9.17, 15) is 19.2 Å². The predicted molar refractivity (Wildman–Crippen MR) is 141 cm³/mol. The number of unbranched alkanes of at least 4 members (excludes halogenated alkanes) is 6. The molecule has 1 aromatic carbocycles. The number of ketones is 2. The number of carbonyl (C=O) groups excluding carboxylic acids is 2. The maximum atomic E-state index is 13.1. The van der Waals surface area contributed by atoms with E-state index in [-0.39, 0.29) is 33.8 Å². The molecule has 0 radical (unpaired) electrons. The normalized spacial score (nSPS) is 11.2. The van der Waals surface area contributed by atoms with Gasteiger partial charge in [-0.15, -0.1) is 0 Å². The Morgan fingerprint density at radius 2 is 1.00 bits per heavy atom. The van der Waals surface area contributed by atoms with Gasteiger partial charge in [0.1, 0.15) is 11.1 Å². The number of hydrogen-bond donors (Lipinski definition) is 2. The lowest BCUT2D eigenvalue weighted by atomic mass is 9.99. The molecule has 2 heterocycles. The smallest absolute Gasteiger partial charge is 0.278 e. The first-order chi connectivity index (χ1) is 17.3. The van der Waals surface area contributed by atoms with Crippen LogP contribution in [-0.4, -0.2) is 31.1 Å². The Morgan fingerprint density at radius 3 is 1.33 bits per heavy atom. The molecule has 0 saturated heterocycles. The molecule has 0 spiro atoms. The number of aromatic amines is 2. The first-order valence-corrected chi connectivity index (χ1v) is 13.1. The zero-order chi connectivity index (χ0) is 26.2. The van der Waals surface area contributed by atoms with Crippen molar-refractivity contribution in [3.8, 4) is 0 Å². The molecule has 0 unspecified atom stereocenters. The average molecular weight is 495 g/mol. The number of nitrogens with zero attached hydrogens (tertiary/aromatic N) is 2. The molecule has 3 rings (SSSR count). The Labute approximate surface area is 211 Å². The topological polar surface area (TPSA) is 110 Å². The van der Waals surface area contributed by atoms with Crippen LogP contribution in [0.25, 0.3) is 0 Å². The molecule has 0 aliphatic heterocycles. The van der Waals surface area contributed by atoms with Gasteiger partial charge in [0.05, 0.1) is 0 Å². The third-order valence-corrected chi connectivity index (χ3v) is 6.61. The highest BCUT2D eigenvalue weighted by molar-refractivity contribution is 6.12. The van der Waals surface area contributed by atoms with E-state index in [2.05, 4.69) is 24.0 Å². The molecule has 0 aliphatic rings. The van der Waals surface area contributed by atoms with E-state index < -0.39 is 0 Å². The Hall–Kier alpha value is -3.42. The highest BCUT2D eigenvalue weighted by atomic mass is 16.2. The first kappa shape index (κ1) is 27.2. The number of hydrogen-bond acceptors (Lipinski definition) is 4. The summed E-state index contributed by atoms with van der Waals surface area (Å²) in [4.78, 5) is 51.9. The molecule has 194 valence electrons. The molecule has 0 aliphatic carbocycles. The molecule has 0 fully saturated rings. The van der Waals surface area contributed by atoms with Crippen molar-refractivity contribution < 1.29 is 9.59 Å². The second-order valence-corrected chi connectivity index (χ2v) is 9.49. The van der Waals surface area contributed by atoms with Crippen molar-refractivity contribution >= 4 is 11.6 Å². The van der Waals surface area contributed by atoms with Crippen LogP contribution < -0.4 is 11.1 Å². The SMILES string of the molecule is CCCCCCn1[nH]c(C)c(C(=O)c2ccc(C(=O)c3c(C)[nH]n(CCCCCC)c3=O)cc2)c1=O. The minimum absolute atomic E-state index is 0.122. The highest BCUT2D eigenvalue weighted by Crippen LogP contribution is 2.15. The van der Waals surface area contributed by atoms with Crippen LogP contribution in [0.4, 0.5) is 0 Å². The third kappa shape index (κ3) is 6.04. The molecule has 8 nitrogen and oxygen atoms in total. The van der Waals surface area contributed by atoms with Crippen LogP contribution in [-0.2, 0) is 13.1 Å². The predicted octanol–water partition coefficient (Wildman–Crippen LogP) is 4.91. The number of nitrogens with one attached hydrogen (secondary N) is 2. The maximum absolute atomic E-state index is 13.1. The van der Waals surface area contributed by atoms with Gasteiger partial charge in [0.15, 0.2) is 11.6 Å². The molecule has 3 aromatic rings. The van der Waals surface area contributed by atoms with E-state index in [0.717, 1.165) is 51.4 Å². The Morgan fingerprint density at radius 1 is 0.639 bits per heavy atom. The molecular weight excluding hydrogens is 456 g/mol. The fraction of sp³-hybridized carbons (Fsp3) is 0.500. The van der Waals surface area contributed by atoms with Crippen molar-refractivity contribution in [3.05, 3.63) is 78.6 Å². The highest BCUT2D eigenvalue weighted by Gasteiger charge is 2.23. The fourth-order valence-electron chi connectivity index (χ4n) is 4.51. The number of carbonyl (C=O) groups is 2. The van der Waals surface area contributed by atoms with Crippen LogP contribution in [0.3, 0.4) is 0 Å². The van der Waals surface area contributed by atoms with E-state index >= 15 is 0 Å². The van der Waals surface area contributed by atoms with Crippen LogP contribution in [0, 0.1) is 13.8 Å². The van der Waals surface area contributed by atoms with Gasteiger partial charge in [-0.05, 0) is 26.7 Å². The van der Waals surface area contributed by atoms with Crippen LogP contribution in [0.1, 0.15) is 108 Å². The zero-order valence-electron chi connectivity index (χ0n) is 21.9. The van der Waals surface area contributed by atoms with Gasteiger partial charge in [0.2, 0.25) is 0 Å². The minimum Gasteiger partial charge on any atom is -0.299 e. The van der Waals surface area contributed by atoms with Crippen molar-refractivity contribution in [2.75, 3.05) is 0 Å². The summed E-state index contributed by atoms with van der Waals surface area (Å²) in [6.07, 6.45) is 8.25. The summed E-state index contributed by atoms with van der Waals surface area (Å²) in [6.45, 7) is 8.80. The molecule has 8 heteroatoms. The van der Waals surface area contributed by atoms with Crippen LogP contribution >= 0.6 is 0 Å². The van der Waals surface area contributed by atoms with Gasteiger partial charge in [-0.2, -0.15) is 0 Å². The Kier molecular flexibility index (Phi) is 9.44. The minimum atomic E-state index is -0.382. The summed E-state index contributed by atoms with van der Waals surface area (Å²) in [6, 6.07) is 6.16. The van der Waals surface area contributed by atoms with E-state index in [1.165, 1.54) is 33.6 Å². The second-order valence-electron chi connectivity index (χ2n) is 9.49. The number of aromatic nitrogens is 4. The van der Waals surface area contributed by atoms with E-state index in [1.54, 1.807) is 13.8 Å². The monoisotopic (exact) mass is 494 g/mol. The fourth-order valence-corrected chi connectivity index (χ4v) is 4.51. The van der Waals surface area contributed by atoms with Gasteiger partial charge in [-0.3, -0.25) is 38.7 Å². The van der Waals surface area contributed by atoms with E-state index in [0.29, 0.717) is 35.6 Å². The van der Waals surface area contributed by atoms with E-state index in [1.807, 2.05) is 0 Å². The molecule has 0 amide bonds. The summed E-state index contributed by atoms with van der Waals surface area (Å²) >= 11 is 0. The number of aryl methyl sites for hydroxylation is 4. The van der Waals surface area contributed by atoms with Crippen molar-refractivity contribution in [1.82, 2.24) is 19.6 Å². The quantitative estimate of drug-likeness (QED) is 0.245. The summed E-state index contributed by atoms with van der Waals surface area (Å²) in [5.74, 6) is -0.764. The molecule has 2 N–H and O–H groups in total. The molecule has 0 atom stereocenters. The van der Waals surface area contributed by atoms with Gasteiger partial charge in [0.25, 0.3) is 11.1 Å². The lowest BCUT2D eigenvalue weighted by molar-refractivity contribution is 0.102. The van der Waals surface area contributed by atoms with Gasteiger partial charge >= 0.3 is 0 Å². The zero-order valence-corrected chi connectivity index (χ0v) is 21.9. The summed E-state index contributed by atoms with van der Waals surface area (Å²) in [5, 5.41) is 6.03.